The Hall–Kier alpha value is -1.68. The van der Waals surface area contributed by atoms with Crippen LogP contribution in [-0.2, 0) is 6.54 Å². The van der Waals surface area contributed by atoms with E-state index in [-0.39, 0.29) is 5.82 Å². The summed E-state index contributed by atoms with van der Waals surface area (Å²) in [7, 11) is 0. The number of halogens is 1. The first kappa shape index (κ1) is 14.3. The first-order valence-electron chi connectivity index (χ1n) is 7.75. The van der Waals surface area contributed by atoms with Crippen LogP contribution >= 0.6 is 0 Å². The molecule has 0 saturated carbocycles. The van der Waals surface area contributed by atoms with Crippen LogP contribution in [0.4, 0.5) is 4.39 Å². The third kappa shape index (κ3) is 3.50. The van der Waals surface area contributed by atoms with Gasteiger partial charge in [0.2, 0.25) is 0 Å². The van der Waals surface area contributed by atoms with Crippen LogP contribution in [0.25, 0.3) is 11.1 Å². The van der Waals surface area contributed by atoms with Crippen molar-refractivity contribution in [1.82, 2.24) is 14.7 Å². The molecule has 4 heteroatoms. The van der Waals surface area contributed by atoms with E-state index in [9.17, 15) is 4.39 Å². The van der Waals surface area contributed by atoms with Crippen LogP contribution in [-0.4, -0.2) is 34.3 Å². The summed E-state index contributed by atoms with van der Waals surface area (Å²) in [6.07, 6.45) is 6.08. The van der Waals surface area contributed by atoms with Crippen LogP contribution < -0.4 is 0 Å². The Labute approximate surface area is 125 Å². The average molecular weight is 287 g/mol. The molecule has 21 heavy (non-hydrogen) atoms. The van der Waals surface area contributed by atoms with Gasteiger partial charge in [-0.05, 0) is 50.6 Å². The molecule has 1 aliphatic heterocycles. The lowest BCUT2D eigenvalue weighted by Crippen LogP contribution is -2.32. The van der Waals surface area contributed by atoms with E-state index in [1.54, 1.807) is 0 Å². The molecule has 2 heterocycles. The van der Waals surface area contributed by atoms with Crippen molar-refractivity contribution in [3.8, 4) is 11.1 Å². The molecule has 0 atom stereocenters. The van der Waals surface area contributed by atoms with Crippen molar-refractivity contribution >= 4 is 0 Å². The van der Waals surface area contributed by atoms with Gasteiger partial charge < -0.3 is 4.90 Å². The van der Waals surface area contributed by atoms with Gasteiger partial charge in [-0.25, -0.2) is 4.39 Å². The van der Waals surface area contributed by atoms with Crippen molar-refractivity contribution in [2.75, 3.05) is 19.6 Å². The molecule has 0 unspecified atom stereocenters. The minimum Gasteiger partial charge on any atom is -0.301 e. The second kappa shape index (κ2) is 6.39. The lowest BCUT2D eigenvalue weighted by molar-refractivity contribution is 0.218. The number of likely N-dealkylation sites (tertiary alicyclic amines) is 1. The third-order valence-electron chi connectivity index (χ3n) is 4.20. The van der Waals surface area contributed by atoms with E-state index >= 15 is 0 Å². The molecule has 0 N–H and O–H groups in total. The number of benzene rings is 1. The minimum atomic E-state index is -0.200. The molecular weight excluding hydrogens is 265 g/mol. The monoisotopic (exact) mass is 287 g/mol. The maximum atomic E-state index is 13.0. The topological polar surface area (TPSA) is 21.1 Å². The summed E-state index contributed by atoms with van der Waals surface area (Å²) in [5, 5.41) is 4.59. The zero-order chi connectivity index (χ0) is 14.7. The van der Waals surface area contributed by atoms with Gasteiger partial charge in [0.15, 0.2) is 0 Å². The van der Waals surface area contributed by atoms with E-state index in [2.05, 4.69) is 16.2 Å². The van der Waals surface area contributed by atoms with Gasteiger partial charge >= 0.3 is 0 Å². The average Bonchev–Trinajstić information content (AvgIpc) is 2.88. The van der Waals surface area contributed by atoms with E-state index in [4.69, 9.17) is 0 Å². The van der Waals surface area contributed by atoms with E-state index in [1.165, 1.54) is 44.5 Å². The van der Waals surface area contributed by atoms with Gasteiger partial charge in [-0.2, -0.15) is 5.10 Å². The summed E-state index contributed by atoms with van der Waals surface area (Å²) in [5.74, 6) is -0.200. The minimum absolute atomic E-state index is 0.200. The molecular formula is C17H22FN3. The van der Waals surface area contributed by atoms with Gasteiger partial charge in [0, 0.05) is 18.3 Å². The Balaban J connectivity index is 1.67. The first-order valence-corrected chi connectivity index (χ1v) is 7.75. The highest BCUT2D eigenvalue weighted by Crippen LogP contribution is 2.22. The highest BCUT2D eigenvalue weighted by atomic mass is 19.1. The maximum Gasteiger partial charge on any atom is 0.123 e. The lowest BCUT2D eigenvalue weighted by atomic mass is 10.1. The van der Waals surface area contributed by atoms with Crippen LogP contribution in [0.1, 0.15) is 25.0 Å². The number of piperidine rings is 1. The van der Waals surface area contributed by atoms with Crippen LogP contribution in [0.2, 0.25) is 0 Å². The number of hydrogen-bond donors (Lipinski definition) is 0. The molecule has 0 radical (unpaired) electrons. The van der Waals surface area contributed by atoms with Crippen LogP contribution in [0.3, 0.4) is 0 Å². The molecule has 112 valence electrons. The van der Waals surface area contributed by atoms with Gasteiger partial charge in [-0.1, -0.05) is 18.6 Å². The normalized spacial score (nSPS) is 16.3. The van der Waals surface area contributed by atoms with E-state index in [0.717, 1.165) is 29.9 Å². The SMILES string of the molecule is Cc1nn(CCN2CCCCC2)cc1-c1ccc(F)cc1. The quantitative estimate of drug-likeness (QED) is 0.858. The molecule has 0 bridgehead atoms. The van der Waals surface area contributed by atoms with E-state index in [1.807, 2.05) is 23.7 Å². The zero-order valence-corrected chi connectivity index (χ0v) is 12.6. The number of aryl methyl sites for hydroxylation is 1. The second-order valence-corrected chi connectivity index (χ2v) is 5.80. The number of aromatic nitrogens is 2. The van der Waals surface area contributed by atoms with E-state index in [0.29, 0.717) is 0 Å². The van der Waals surface area contributed by atoms with Crippen molar-refractivity contribution in [2.24, 2.45) is 0 Å². The predicted octanol–water partition coefficient (Wildman–Crippen LogP) is 3.48. The number of hydrogen-bond acceptors (Lipinski definition) is 2. The van der Waals surface area contributed by atoms with Crippen LogP contribution in [0.5, 0.6) is 0 Å². The second-order valence-electron chi connectivity index (χ2n) is 5.80. The molecule has 1 aliphatic rings. The van der Waals surface area contributed by atoms with E-state index < -0.39 is 0 Å². The largest absolute Gasteiger partial charge is 0.301 e. The highest BCUT2D eigenvalue weighted by molar-refractivity contribution is 5.64. The summed E-state index contributed by atoms with van der Waals surface area (Å²) in [6, 6.07) is 6.63. The number of nitrogens with zero attached hydrogens (tertiary/aromatic N) is 3. The highest BCUT2D eigenvalue weighted by Gasteiger charge is 2.11. The molecule has 0 spiro atoms. The van der Waals surface area contributed by atoms with Crippen molar-refractivity contribution in [2.45, 2.75) is 32.7 Å². The van der Waals surface area contributed by atoms with Gasteiger partial charge in [-0.3, -0.25) is 4.68 Å². The lowest BCUT2D eigenvalue weighted by Gasteiger charge is -2.26. The van der Waals surface area contributed by atoms with Crippen molar-refractivity contribution in [1.29, 1.82) is 0 Å². The van der Waals surface area contributed by atoms with Gasteiger partial charge in [0.25, 0.3) is 0 Å². The van der Waals surface area contributed by atoms with Gasteiger partial charge in [-0.15, -0.1) is 0 Å². The molecule has 1 aromatic carbocycles. The number of rotatable bonds is 4. The van der Waals surface area contributed by atoms with Crippen molar-refractivity contribution in [3.05, 3.63) is 42.0 Å². The summed E-state index contributed by atoms with van der Waals surface area (Å²) in [4.78, 5) is 2.51. The van der Waals surface area contributed by atoms with Crippen molar-refractivity contribution < 1.29 is 4.39 Å². The van der Waals surface area contributed by atoms with Gasteiger partial charge in [0.05, 0.1) is 12.2 Å². The maximum absolute atomic E-state index is 13.0. The molecule has 3 nitrogen and oxygen atoms in total. The Morgan fingerprint density at radius 2 is 1.76 bits per heavy atom. The molecule has 1 saturated heterocycles. The van der Waals surface area contributed by atoms with Crippen LogP contribution in [0.15, 0.2) is 30.5 Å². The first-order chi connectivity index (χ1) is 10.2. The zero-order valence-electron chi connectivity index (χ0n) is 12.6. The Morgan fingerprint density at radius 1 is 1.05 bits per heavy atom. The Kier molecular flexibility index (Phi) is 4.34. The van der Waals surface area contributed by atoms with Crippen LogP contribution in [0, 0.1) is 12.7 Å². The predicted molar refractivity (Wildman–Crippen MR) is 82.6 cm³/mol. The summed E-state index contributed by atoms with van der Waals surface area (Å²) in [5.41, 5.74) is 3.12. The fraction of sp³-hybridized carbons (Fsp3) is 0.471. The molecule has 1 aromatic heterocycles. The molecule has 1 fully saturated rings. The smallest absolute Gasteiger partial charge is 0.123 e. The Morgan fingerprint density at radius 3 is 2.48 bits per heavy atom. The van der Waals surface area contributed by atoms with Crippen molar-refractivity contribution in [3.63, 3.8) is 0 Å². The Bertz CT molecular complexity index is 583. The third-order valence-corrected chi connectivity index (χ3v) is 4.20. The summed E-state index contributed by atoms with van der Waals surface area (Å²) >= 11 is 0. The van der Waals surface area contributed by atoms with Gasteiger partial charge in [0.1, 0.15) is 5.82 Å². The fourth-order valence-corrected chi connectivity index (χ4v) is 2.97. The summed E-state index contributed by atoms with van der Waals surface area (Å²) < 4.78 is 15.0. The molecule has 3 rings (SSSR count). The fourth-order valence-electron chi connectivity index (χ4n) is 2.97. The standard InChI is InChI=1S/C17H22FN3/c1-14-17(15-5-7-16(18)8-6-15)13-21(19-14)12-11-20-9-3-2-4-10-20/h5-8,13H,2-4,9-12H2,1H3. The molecule has 0 amide bonds. The summed E-state index contributed by atoms with van der Waals surface area (Å²) in [6.45, 7) is 6.41. The molecule has 2 aromatic rings. The molecule has 0 aliphatic carbocycles.